The Morgan fingerprint density at radius 2 is 1.90 bits per heavy atom. The summed E-state index contributed by atoms with van der Waals surface area (Å²) in [7, 11) is 1.89. The first kappa shape index (κ1) is 10.2. The summed E-state index contributed by atoms with van der Waals surface area (Å²) in [5, 5.41) is 0. The molecule has 0 radical (unpaired) electrons. The van der Waals surface area contributed by atoms with Gasteiger partial charge >= 0.3 is 4.63 Å². The highest BCUT2D eigenvalue weighted by atomic mass is 35.5. The molecule has 0 rings (SSSR count). The number of nitrogens with zero attached hydrogens (tertiary/aromatic N) is 1. The number of rotatable bonds is 4. The molecule has 0 bridgehead atoms. The van der Waals surface area contributed by atoms with Crippen molar-refractivity contribution in [2.75, 3.05) is 13.6 Å². The van der Waals surface area contributed by atoms with Crippen molar-refractivity contribution in [2.24, 2.45) is 0 Å². The second kappa shape index (κ2) is 5.99. The van der Waals surface area contributed by atoms with Crippen molar-refractivity contribution in [3.05, 3.63) is 0 Å². The van der Waals surface area contributed by atoms with E-state index in [2.05, 4.69) is 6.92 Å². The number of halogens is 2. The standard InChI is InChI=1S/C7H14Cl2N/c1-3-4-5-6-10(2)7(8)9/h3-6H2,1-2H3/q+1. The van der Waals surface area contributed by atoms with Gasteiger partial charge in [-0.2, -0.15) is 0 Å². The monoisotopic (exact) mass is 182 g/mol. The molecule has 0 aromatic carbocycles. The molecule has 0 aromatic rings. The molecule has 0 aliphatic heterocycles. The molecule has 3 heteroatoms. The fraction of sp³-hybridized carbons (Fsp3) is 0.857. The number of hydrogen-bond acceptors (Lipinski definition) is 0. The first-order chi connectivity index (χ1) is 4.68. The minimum absolute atomic E-state index is 0.358. The molecule has 0 saturated heterocycles. The first-order valence-corrected chi connectivity index (χ1v) is 4.33. The Labute approximate surface area is 72.6 Å². The van der Waals surface area contributed by atoms with Gasteiger partial charge in [-0.15, -0.1) is 0 Å². The summed E-state index contributed by atoms with van der Waals surface area (Å²) >= 11 is 11.0. The fourth-order valence-electron chi connectivity index (χ4n) is 0.683. The molecule has 0 spiro atoms. The van der Waals surface area contributed by atoms with Crippen LogP contribution in [0, 0.1) is 0 Å². The van der Waals surface area contributed by atoms with Gasteiger partial charge in [-0.05, 0) is 6.42 Å². The van der Waals surface area contributed by atoms with Gasteiger partial charge in [-0.3, -0.25) is 0 Å². The van der Waals surface area contributed by atoms with Crippen LogP contribution in [-0.4, -0.2) is 22.8 Å². The molecule has 0 fully saturated rings. The van der Waals surface area contributed by atoms with Crippen molar-refractivity contribution in [3.63, 3.8) is 0 Å². The predicted molar refractivity (Wildman–Crippen MR) is 47.3 cm³/mol. The Bertz CT molecular complexity index is 117. The average Bonchev–Trinajstić information content (AvgIpc) is 1.88. The molecule has 0 amide bonds. The van der Waals surface area contributed by atoms with Crippen LogP contribution in [0.5, 0.6) is 0 Å². The molecule has 0 atom stereocenters. The van der Waals surface area contributed by atoms with Crippen molar-refractivity contribution in [3.8, 4) is 0 Å². The quantitative estimate of drug-likeness (QED) is 0.358. The molecule has 60 valence electrons. The Kier molecular flexibility index (Phi) is 6.14. The smallest absolute Gasteiger partial charge is 0.212 e. The molecule has 0 aliphatic carbocycles. The van der Waals surface area contributed by atoms with Crippen LogP contribution in [0.3, 0.4) is 0 Å². The van der Waals surface area contributed by atoms with Crippen molar-refractivity contribution in [2.45, 2.75) is 26.2 Å². The van der Waals surface area contributed by atoms with Crippen molar-refractivity contribution >= 4 is 27.8 Å². The predicted octanol–water partition coefficient (Wildman–Crippen LogP) is 2.65. The van der Waals surface area contributed by atoms with Crippen LogP contribution >= 0.6 is 23.2 Å². The number of unbranched alkanes of at least 4 members (excludes halogenated alkanes) is 2. The van der Waals surface area contributed by atoms with Gasteiger partial charge in [0.15, 0.2) is 0 Å². The molecule has 0 unspecified atom stereocenters. The van der Waals surface area contributed by atoms with Gasteiger partial charge < -0.3 is 0 Å². The van der Waals surface area contributed by atoms with E-state index in [4.69, 9.17) is 23.2 Å². The molecule has 0 heterocycles. The van der Waals surface area contributed by atoms with Crippen LogP contribution in [0.25, 0.3) is 0 Å². The summed E-state index contributed by atoms with van der Waals surface area (Å²) in [5.74, 6) is 0. The summed E-state index contributed by atoms with van der Waals surface area (Å²) in [4.78, 5) is 0. The van der Waals surface area contributed by atoms with Crippen LogP contribution in [0.2, 0.25) is 0 Å². The Morgan fingerprint density at radius 1 is 1.30 bits per heavy atom. The molecule has 0 aliphatic rings. The van der Waals surface area contributed by atoms with Gasteiger partial charge in [-0.1, -0.05) is 13.3 Å². The fourth-order valence-corrected chi connectivity index (χ4v) is 0.853. The van der Waals surface area contributed by atoms with Gasteiger partial charge in [0, 0.05) is 29.6 Å². The molecular weight excluding hydrogens is 169 g/mol. The van der Waals surface area contributed by atoms with E-state index in [9.17, 15) is 0 Å². The van der Waals surface area contributed by atoms with E-state index in [1.54, 1.807) is 0 Å². The minimum Gasteiger partial charge on any atom is -0.212 e. The Hall–Kier alpha value is 0.250. The zero-order valence-electron chi connectivity index (χ0n) is 6.53. The van der Waals surface area contributed by atoms with Crippen LogP contribution in [-0.2, 0) is 0 Å². The maximum Gasteiger partial charge on any atom is 0.341 e. The van der Waals surface area contributed by atoms with Crippen molar-refractivity contribution in [1.82, 2.24) is 0 Å². The molecule has 0 saturated carbocycles. The van der Waals surface area contributed by atoms with E-state index < -0.39 is 0 Å². The van der Waals surface area contributed by atoms with Gasteiger partial charge in [-0.25, -0.2) is 4.58 Å². The zero-order chi connectivity index (χ0) is 7.98. The maximum absolute atomic E-state index is 5.52. The molecule has 0 aromatic heterocycles. The lowest BCUT2D eigenvalue weighted by atomic mass is 10.2. The molecule has 1 nitrogen and oxygen atoms in total. The van der Waals surface area contributed by atoms with E-state index in [1.165, 1.54) is 12.8 Å². The van der Waals surface area contributed by atoms with Crippen LogP contribution in [0.4, 0.5) is 0 Å². The highest BCUT2D eigenvalue weighted by Crippen LogP contribution is 1.96. The van der Waals surface area contributed by atoms with E-state index in [0.717, 1.165) is 13.0 Å². The van der Waals surface area contributed by atoms with E-state index >= 15 is 0 Å². The largest absolute Gasteiger partial charge is 0.341 e. The van der Waals surface area contributed by atoms with Crippen LogP contribution in [0.1, 0.15) is 26.2 Å². The average molecular weight is 183 g/mol. The van der Waals surface area contributed by atoms with Crippen molar-refractivity contribution < 1.29 is 4.58 Å². The van der Waals surface area contributed by atoms with Gasteiger partial charge in [0.1, 0.15) is 13.6 Å². The van der Waals surface area contributed by atoms with Crippen LogP contribution < -0.4 is 0 Å². The molecule has 0 N–H and O–H groups in total. The van der Waals surface area contributed by atoms with Gasteiger partial charge in [0.25, 0.3) is 0 Å². The molecular formula is C7H14Cl2N+. The summed E-state index contributed by atoms with van der Waals surface area (Å²) in [6.45, 7) is 3.13. The summed E-state index contributed by atoms with van der Waals surface area (Å²) < 4.78 is 2.20. The SMILES string of the molecule is CCCCC[N+](C)=C(Cl)Cl. The van der Waals surface area contributed by atoms with E-state index in [0.29, 0.717) is 4.63 Å². The lowest BCUT2D eigenvalue weighted by Crippen LogP contribution is -2.10. The topological polar surface area (TPSA) is 3.01 Å². The van der Waals surface area contributed by atoms with E-state index in [-0.39, 0.29) is 0 Å². The Balaban J connectivity index is 3.40. The second-order valence-corrected chi connectivity index (χ2v) is 3.28. The summed E-state index contributed by atoms with van der Waals surface area (Å²) in [5.41, 5.74) is 0. The Morgan fingerprint density at radius 3 is 2.30 bits per heavy atom. The highest BCUT2D eigenvalue weighted by molar-refractivity contribution is 6.94. The number of hydrogen-bond donors (Lipinski definition) is 0. The summed E-state index contributed by atoms with van der Waals surface area (Å²) in [6, 6.07) is 0. The zero-order valence-corrected chi connectivity index (χ0v) is 8.04. The normalized spacial score (nSPS) is 9.60. The third-order valence-corrected chi connectivity index (χ3v) is 1.96. The first-order valence-electron chi connectivity index (χ1n) is 3.57. The third-order valence-electron chi connectivity index (χ3n) is 1.39. The lowest BCUT2D eigenvalue weighted by Gasteiger charge is -1.94. The highest BCUT2D eigenvalue weighted by Gasteiger charge is 2.01. The lowest BCUT2D eigenvalue weighted by molar-refractivity contribution is -0.493. The van der Waals surface area contributed by atoms with Crippen LogP contribution in [0.15, 0.2) is 0 Å². The maximum atomic E-state index is 5.52. The second-order valence-electron chi connectivity index (χ2n) is 2.37. The van der Waals surface area contributed by atoms with Gasteiger partial charge in [0.05, 0.1) is 0 Å². The third kappa shape index (κ3) is 5.07. The van der Waals surface area contributed by atoms with Crippen molar-refractivity contribution in [1.29, 1.82) is 0 Å². The molecule has 10 heavy (non-hydrogen) atoms. The van der Waals surface area contributed by atoms with E-state index in [1.807, 2.05) is 11.6 Å². The summed E-state index contributed by atoms with van der Waals surface area (Å²) in [6.07, 6.45) is 3.63. The van der Waals surface area contributed by atoms with Gasteiger partial charge in [0.2, 0.25) is 0 Å². The minimum atomic E-state index is 0.358.